The van der Waals surface area contributed by atoms with E-state index in [1.54, 1.807) is 0 Å². The molecule has 2 rings (SSSR count). The Morgan fingerprint density at radius 3 is 1.86 bits per heavy atom. The van der Waals surface area contributed by atoms with E-state index in [9.17, 15) is 0 Å². The van der Waals surface area contributed by atoms with E-state index in [0.29, 0.717) is 0 Å². The van der Waals surface area contributed by atoms with Crippen molar-refractivity contribution in [3.63, 3.8) is 0 Å². The number of rotatable bonds is 0. The van der Waals surface area contributed by atoms with Crippen LogP contribution in [0.25, 0.3) is 5.32 Å². The monoisotopic (exact) mass is 474 g/mol. The van der Waals surface area contributed by atoms with Crippen LogP contribution in [0.1, 0.15) is 38.1 Å². The second-order valence-electron chi connectivity index (χ2n) is 4.77. The Morgan fingerprint density at radius 2 is 1.41 bits per heavy atom. The fraction of sp³-hybridized carbons (Fsp3) is 0.533. The van der Waals surface area contributed by atoms with E-state index in [1.807, 2.05) is 32.0 Å². The standard InChI is InChI=1S/C15H21N4.2BrH.Co/c1-12-14-6-3-7-15(19-14)13(2)18-11-5-9-16-8-4-10-17-12;;;/h3,6-7H,4-5,8-11H2,1-2H3;2*1H;/q-1;;;+3/p-2. The summed E-state index contributed by atoms with van der Waals surface area (Å²) in [7, 11) is 0. The topological polar surface area (TPSA) is 51.7 Å². The van der Waals surface area contributed by atoms with Crippen LogP contribution in [0.5, 0.6) is 0 Å². The summed E-state index contributed by atoms with van der Waals surface area (Å²) in [5.74, 6) is 0. The molecule has 0 spiro atoms. The number of halogens is 2. The van der Waals surface area contributed by atoms with Gasteiger partial charge in [-0.1, -0.05) is 18.9 Å². The maximum absolute atomic E-state index is 4.64. The Kier molecular flexibility index (Phi) is 11.2. The van der Waals surface area contributed by atoms with E-state index < -0.39 is 0 Å². The molecule has 7 heteroatoms. The van der Waals surface area contributed by atoms with Gasteiger partial charge in [-0.2, -0.15) is 0 Å². The van der Waals surface area contributed by atoms with Gasteiger partial charge in [-0.05, 0) is 26.0 Å². The zero-order valence-corrected chi connectivity index (χ0v) is 17.1. The average Bonchev–Trinajstić information content (AvgIpc) is 2.53. The van der Waals surface area contributed by atoms with Gasteiger partial charge in [-0.3, -0.25) is 9.98 Å². The summed E-state index contributed by atoms with van der Waals surface area (Å²) in [6.45, 7) is 7.48. The fourth-order valence-corrected chi connectivity index (χ4v) is 1.97. The molecule has 0 fully saturated rings. The van der Waals surface area contributed by atoms with Gasteiger partial charge in [0.05, 0.1) is 22.8 Å². The van der Waals surface area contributed by atoms with E-state index in [1.165, 1.54) is 0 Å². The van der Waals surface area contributed by atoms with Gasteiger partial charge < -0.3 is 5.32 Å². The van der Waals surface area contributed by atoms with Crippen LogP contribution in [0.4, 0.5) is 0 Å². The second-order valence-corrected chi connectivity index (χ2v) is 10.0. The Balaban J connectivity index is 0.000000745. The maximum atomic E-state index is 4.64. The zero-order valence-electron chi connectivity index (χ0n) is 12.9. The van der Waals surface area contributed by atoms with Gasteiger partial charge in [0, 0.05) is 13.1 Å². The second kappa shape index (κ2) is 12.4. The van der Waals surface area contributed by atoms with E-state index >= 15 is 0 Å². The number of nitrogens with zero attached hydrogens (tertiary/aromatic N) is 4. The predicted molar refractivity (Wildman–Crippen MR) is 98.6 cm³/mol. The minimum absolute atomic E-state index is 0.828. The molecule has 0 aromatic carbocycles. The molecule has 4 nitrogen and oxygen atoms in total. The van der Waals surface area contributed by atoms with Gasteiger partial charge in [0.15, 0.2) is 0 Å². The van der Waals surface area contributed by atoms with Crippen LogP contribution in [0.3, 0.4) is 0 Å². The molecule has 0 radical (unpaired) electrons. The third kappa shape index (κ3) is 7.96. The van der Waals surface area contributed by atoms with Gasteiger partial charge in [0.25, 0.3) is 0 Å². The summed E-state index contributed by atoms with van der Waals surface area (Å²) in [6.07, 6.45) is 2.03. The summed E-state index contributed by atoms with van der Waals surface area (Å²) in [4.78, 5) is 13.8. The third-order valence-corrected chi connectivity index (χ3v) is 3.14. The number of hydrogen-bond acceptors (Lipinski definition) is 3. The third-order valence-electron chi connectivity index (χ3n) is 3.14. The molecule has 2 bridgehead atoms. The van der Waals surface area contributed by atoms with Crippen LogP contribution in [0.2, 0.25) is 0 Å². The van der Waals surface area contributed by atoms with Crippen molar-refractivity contribution in [1.82, 2.24) is 4.98 Å². The van der Waals surface area contributed by atoms with Gasteiger partial charge in [-0.25, -0.2) is 4.98 Å². The molecule has 0 saturated carbocycles. The Morgan fingerprint density at radius 1 is 0.955 bits per heavy atom. The Labute approximate surface area is 153 Å². The SMILES string of the molecule is CC1=NCCC[N-]CCCN=C(C)c2cccc1n2.[Br][Co+][Br]. The van der Waals surface area contributed by atoms with Gasteiger partial charge in [0.1, 0.15) is 0 Å². The van der Waals surface area contributed by atoms with Crippen molar-refractivity contribution in [2.45, 2.75) is 26.7 Å². The summed E-state index contributed by atoms with van der Waals surface area (Å²) in [6, 6.07) is 6.04. The number of pyridine rings is 1. The molecule has 22 heavy (non-hydrogen) atoms. The molecule has 2 heterocycles. The molecule has 1 aliphatic heterocycles. The van der Waals surface area contributed by atoms with Crippen molar-refractivity contribution in [3.05, 3.63) is 34.9 Å². The molecular weight excluding hydrogens is 455 g/mol. The minimum atomic E-state index is 0.828. The van der Waals surface area contributed by atoms with Crippen molar-refractivity contribution in [2.75, 3.05) is 26.2 Å². The Hall–Kier alpha value is -0.0835. The van der Waals surface area contributed by atoms with Crippen LogP contribution in [0.15, 0.2) is 28.2 Å². The number of aliphatic imine (C=N–C) groups is 2. The summed E-state index contributed by atoms with van der Waals surface area (Å²) in [5, 5.41) is 4.48. The van der Waals surface area contributed by atoms with Gasteiger partial charge >= 0.3 is 39.5 Å². The Bertz CT molecular complexity index is 467. The summed E-state index contributed by atoms with van der Waals surface area (Å²) in [5.41, 5.74) is 3.88. The molecule has 0 atom stereocenters. The molecule has 0 N–H and O–H groups in total. The molecule has 1 aliphatic rings. The van der Waals surface area contributed by atoms with Gasteiger partial charge in [0.2, 0.25) is 0 Å². The normalized spacial score (nSPS) is 16.7. The van der Waals surface area contributed by atoms with E-state index in [0.717, 1.165) is 73.0 Å². The first kappa shape index (κ1) is 20.0. The van der Waals surface area contributed by atoms with E-state index in [-0.39, 0.29) is 0 Å². The quantitative estimate of drug-likeness (QED) is 0.542. The van der Waals surface area contributed by atoms with Crippen LogP contribution in [0, 0.1) is 0 Å². The van der Waals surface area contributed by atoms with E-state index in [2.05, 4.69) is 48.6 Å². The van der Waals surface area contributed by atoms with Crippen molar-refractivity contribution in [1.29, 1.82) is 0 Å². The first-order chi connectivity index (χ1) is 10.7. The van der Waals surface area contributed by atoms with Crippen molar-refractivity contribution in [3.8, 4) is 0 Å². The van der Waals surface area contributed by atoms with Crippen molar-refractivity contribution >= 4 is 39.8 Å². The molecule has 1 aromatic rings. The average molecular weight is 476 g/mol. The number of fused-ring (bicyclic) bond motifs is 2. The molecule has 124 valence electrons. The predicted octanol–water partition coefficient (Wildman–Crippen LogP) is 4.56. The number of hydrogen-bond donors (Lipinski definition) is 0. The molecule has 1 aromatic heterocycles. The molecule has 0 amide bonds. The van der Waals surface area contributed by atoms with Crippen molar-refractivity contribution < 1.29 is 11.1 Å². The van der Waals surface area contributed by atoms with Crippen LogP contribution in [-0.2, 0) is 11.1 Å². The molecular formula is C15H21Br2CoN4. The first-order valence-electron chi connectivity index (χ1n) is 7.16. The van der Waals surface area contributed by atoms with Crippen molar-refractivity contribution in [2.24, 2.45) is 9.98 Å². The summed E-state index contributed by atoms with van der Waals surface area (Å²) < 4.78 is 0. The van der Waals surface area contributed by atoms with Gasteiger partial charge in [-0.15, -0.1) is 13.1 Å². The summed E-state index contributed by atoms with van der Waals surface area (Å²) >= 11 is 7.12. The molecule has 0 unspecified atom stereocenters. The van der Waals surface area contributed by atoms with Crippen LogP contribution >= 0.6 is 28.3 Å². The first-order valence-corrected chi connectivity index (χ1v) is 12.3. The van der Waals surface area contributed by atoms with Crippen LogP contribution < -0.4 is 0 Å². The molecule has 0 saturated heterocycles. The molecule has 0 aliphatic carbocycles. The van der Waals surface area contributed by atoms with Crippen LogP contribution in [-0.4, -0.2) is 42.6 Å². The fourth-order valence-electron chi connectivity index (χ4n) is 1.97. The zero-order chi connectivity index (χ0) is 16.2. The number of aromatic nitrogens is 1. The van der Waals surface area contributed by atoms with E-state index in [4.69, 9.17) is 0 Å².